The summed E-state index contributed by atoms with van der Waals surface area (Å²) >= 11 is 0. The number of benzene rings is 2. The molecule has 2 aromatic carbocycles. The number of aryl methyl sites for hydroxylation is 1. The first-order chi connectivity index (χ1) is 9.72. The fourth-order valence-electron chi connectivity index (χ4n) is 2.20. The average Bonchev–Trinajstić information content (AvgIpc) is 2.45. The van der Waals surface area contributed by atoms with Crippen molar-refractivity contribution < 1.29 is 4.74 Å². The van der Waals surface area contributed by atoms with E-state index >= 15 is 0 Å². The van der Waals surface area contributed by atoms with E-state index in [9.17, 15) is 0 Å². The molecule has 0 bridgehead atoms. The summed E-state index contributed by atoms with van der Waals surface area (Å²) in [5.41, 5.74) is 9.37. The summed E-state index contributed by atoms with van der Waals surface area (Å²) in [5.74, 6) is 0.884. The van der Waals surface area contributed by atoms with Crippen LogP contribution >= 0.6 is 0 Å². The molecule has 0 radical (unpaired) electrons. The maximum Gasteiger partial charge on any atom is 0.119 e. The third-order valence-corrected chi connectivity index (χ3v) is 3.17. The molecule has 2 aromatic rings. The fourth-order valence-corrected chi connectivity index (χ4v) is 2.20. The highest BCUT2D eigenvalue weighted by Crippen LogP contribution is 2.23. The van der Waals surface area contributed by atoms with Crippen LogP contribution in [0.4, 0.5) is 5.69 Å². The molecule has 106 valence electrons. The van der Waals surface area contributed by atoms with E-state index in [0.29, 0.717) is 13.2 Å². The minimum absolute atomic E-state index is 0.0807. The van der Waals surface area contributed by atoms with Crippen molar-refractivity contribution in [3.63, 3.8) is 0 Å². The molecule has 1 unspecified atom stereocenters. The lowest BCUT2D eigenvalue weighted by atomic mass is 10.1. The Morgan fingerprint density at radius 2 is 1.95 bits per heavy atom. The van der Waals surface area contributed by atoms with Crippen LogP contribution in [0.5, 0.6) is 5.75 Å². The van der Waals surface area contributed by atoms with Gasteiger partial charge in [0.1, 0.15) is 5.75 Å². The number of hydrogen-bond acceptors (Lipinski definition) is 3. The molecule has 0 aliphatic rings. The van der Waals surface area contributed by atoms with Crippen LogP contribution in [0, 0.1) is 6.92 Å². The van der Waals surface area contributed by atoms with Gasteiger partial charge in [0, 0.05) is 12.2 Å². The summed E-state index contributed by atoms with van der Waals surface area (Å²) in [6.45, 7) is 5.27. The van der Waals surface area contributed by atoms with E-state index in [-0.39, 0.29) is 6.04 Å². The molecule has 0 fully saturated rings. The van der Waals surface area contributed by atoms with Gasteiger partial charge >= 0.3 is 0 Å². The number of nitrogens with one attached hydrogen (secondary N) is 1. The van der Waals surface area contributed by atoms with E-state index in [2.05, 4.69) is 36.5 Å². The normalized spacial score (nSPS) is 11.9. The van der Waals surface area contributed by atoms with E-state index in [1.54, 1.807) is 0 Å². The number of anilines is 1. The fraction of sp³-hybridized carbons (Fsp3) is 0.294. The van der Waals surface area contributed by atoms with Gasteiger partial charge in [0.05, 0.1) is 12.6 Å². The summed E-state index contributed by atoms with van der Waals surface area (Å²) in [6.07, 6.45) is 0. The second-order valence-electron chi connectivity index (χ2n) is 4.81. The number of ether oxygens (including phenoxy) is 1. The van der Waals surface area contributed by atoms with Crippen LogP contribution in [0.3, 0.4) is 0 Å². The van der Waals surface area contributed by atoms with E-state index in [1.165, 1.54) is 5.56 Å². The first-order valence-electron chi connectivity index (χ1n) is 6.99. The highest BCUT2D eigenvalue weighted by Gasteiger charge is 2.10. The molecule has 20 heavy (non-hydrogen) atoms. The Labute approximate surface area is 120 Å². The third-order valence-electron chi connectivity index (χ3n) is 3.17. The lowest BCUT2D eigenvalue weighted by molar-refractivity contribution is 0.339. The van der Waals surface area contributed by atoms with Gasteiger partial charge in [0.2, 0.25) is 0 Å². The van der Waals surface area contributed by atoms with Gasteiger partial charge in [-0.3, -0.25) is 0 Å². The van der Waals surface area contributed by atoms with Crippen molar-refractivity contribution in [2.24, 2.45) is 5.73 Å². The standard InChI is InChI=1S/C17H22N2O/c1-3-20-16-9-5-7-14(11-16)17(12-18)19-15-8-4-6-13(2)10-15/h4-11,17,19H,3,12,18H2,1-2H3. The first kappa shape index (κ1) is 14.4. The molecule has 2 rings (SSSR count). The van der Waals surface area contributed by atoms with Gasteiger partial charge in [-0.25, -0.2) is 0 Å². The molecule has 3 N–H and O–H groups in total. The smallest absolute Gasteiger partial charge is 0.119 e. The second kappa shape index (κ2) is 6.96. The number of hydrogen-bond donors (Lipinski definition) is 2. The predicted molar refractivity (Wildman–Crippen MR) is 84.2 cm³/mol. The van der Waals surface area contributed by atoms with Crippen LogP contribution in [-0.2, 0) is 0 Å². The van der Waals surface area contributed by atoms with Gasteiger partial charge in [-0.05, 0) is 49.2 Å². The minimum Gasteiger partial charge on any atom is -0.494 e. The zero-order valence-corrected chi connectivity index (χ0v) is 12.1. The van der Waals surface area contributed by atoms with Crippen LogP contribution in [0.25, 0.3) is 0 Å². The van der Waals surface area contributed by atoms with Crippen LogP contribution < -0.4 is 15.8 Å². The molecule has 0 heterocycles. The zero-order chi connectivity index (χ0) is 14.4. The number of rotatable bonds is 6. The van der Waals surface area contributed by atoms with E-state index in [0.717, 1.165) is 17.0 Å². The van der Waals surface area contributed by atoms with Gasteiger partial charge in [-0.2, -0.15) is 0 Å². The van der Waals surface area contributed by atoms with E-state index in [4.69, 9.17) is 10.5 Å². The molecule has 0 aliphatic carbocycles. The largest absolute Gasteiger partial charge is 0.494 e. The highest BCUT2D eigenvalue weighted by molar-refractivity contribution is 5.48. The van der Waals surface area contributed by atoms with Crippen LogP contribution in [-0.4, -0.2) is 13.2 Å². The lowest BCUT2D eigenvalue weighted by Crippen LogP contribution is -2.20. The molecular formula is C17H22N2O. The lowest BCUT2D eigenvalue weighted by Gasteiger charge is -2.19. The van der Waals surface area contributed by atoms with Crippen molar-refractivity contribution in [3.8, 4) is 5.75 Å². The highest BCUT2D eigenvalue weighted by atomic mass is 16.5. The van der Waals surface area contributed by atoms with Crippen molar-refractivity contribution in [2.45, 2.75) is 19.9 Å². The van der Waals surface area contributed by atoms with Crippen molar-refractivity contribution in [1.29, 1.82) is 0 Å². The summed E-state index contributed by atoms with van der Waals surface area (Å²) in [4.78, 5) is 0. The van der Waals surface area contributed by atoms with Crippen molar-refractivity contribution in [2.75, 3.05) is 18.5 Å². The minimum atomic E-state index is 0.0807. The van der Waals surface area contributed by atoms with Crippen molar-refractivity contribution >= 4 is 5.69 Å². The monoisotopic (exact) mass is 270 g/mol. The molecule has 0 aromatic heterocycles. The summed E-state index contributed by atoms with van der Waals surface area (Å²) in [5, 5.41) is 3.47. The zero-order valence-electron chi connectivity index (χ0n) is 12.1. The summed E-state index contributed by atoms with van der Waals surface area (Å²) in [7, 11) is 0. The quantitative estimate of drug-likeness (QED) is 0.844. The molecule has 0 saturated heterocycles. The Hall–Kier alpha value is -2.00. The Bertz CT molecular complexity index is 554. The molecule has 1 atom stereocenters. The van der Waals surface area contributed by atoms with Gasteiger partial charge in [0.25, 0.3) is 0 Å². The Morgan fingerprint density at radius 3 is 2.65 bits per heavy atom. The average molecular weight is 270 g/mol. The van der Waals surface area contributed by atoms with Gasteiger partial charge in [-0.15, -0.1) is 0 Å². The molecule has 0 aliphatic heterocycles. The maximum absolute atomic E-state index is 5.91. The van der Waals surface area contributed by atoms with Crippen molar-refractivity contribution in [1.82, 2.24) is 0 Å². The Balaban J connectivity index is 2.17. The molecule has 0 saturated carbocycles. The predicted octanol–water partition coefficient (Wildman–Crippen LogP) is 3.51. The number of nitrogens with two attached hydrogens (primary N) is 1. The van der Waals surface area contributed by atoms with E-state index in [1.807, 2.05) is 31.2 Å². The Kier molecular flexibility index (Phi) is 5.02. The van der Waals surface area contributed by atoms with Gasteiger partial charge in [0.15, 0.2) is 0 Å². The maximum atomic E-state index is 5.91. The molecule has 3 nitrogen and oxygen atoms in total. The molecule has 0 spiro atoms. The summed E-state index contributed by atoms with van der Waals surface area (Å²) < 4.78 is 5.54. The van der Waals surface area contributed by atoms with Crippen LogP contribution in [0.15, 0.2) is 48.5 Å². The van der Waals surface area contributed by atoms with Crippen LogP contribution in [0.2, 0.25) is 0 Å². The topological polar surface area (TPSA) is 47.3 Å². The molecule has 3 heteroatoms. The first-order valence-corrected chi connectivity index (χ1v) is 6.99. The SMILES string of the molecule is CCOc1cccc(C(CN)Nc2cccc(C)c2)c1. The molecular weight excluding hydrogens is 248 g/mol. The van der Waals surface area contributed by atoms with E-state index < -0.39 is 0 Å². The summed E-state index contributed by atoms with van der Waals surface area (Å²) in [6, 6.07) is 16.5. The molecule has 0 amide bonds. The van der Waals surface area contributed by atoms with Gasteiger partial charge in [-0.1, -0.05) is 24.3 Å². The Morgan fingerprint density at radius 1 is 1.15 bits per heavy atom. The van der Waals surface area contributed by atoms with Crippen molar-refractivity contribution in [3.05, 3.63) is 59.7 Å². The second-order valence-corrected chi connectivity index (χ2v) is 4.81. The van der Waals surface area contributed by atoms with Gasteiger partial charge < -0.3 is 15.8 Å². The third kappa shape index (κ3) is 3.75. The van der Waals surface area contributed by atoms with Crippen LogP contribution in [0.1, 0.15) is 24.1 Å².